The number of nitrogens with zero attached hydrogens (tertiary/aromatic N) is 2. The zero-order chi connectivity index (χ0) is 21.4. The van der Waals surface area contributed by atoms with E-state index in [2.05, 4.69) is 5.32 Å². The van der Waals surface area contributed by atoms with Gasteiger partial charge in [-0.2, -0.15) is 0 Å². The minimum absolute atomic E-state index is 0.0901. The number of amides is 1. The number of halogens is 1. The van der Waals surface area contributed by atoms with Crippen molar-refractivity contribution >= 4 is 33.2 Å². The molecule has 0 fully saturated rings. The molecule has 2 aromatic rings. The zero-order valence-corrected chi connectivity index (χ0v) is 18.3. The van der Waals surface area contributed by atoms with E-state index in [1.807, 2.05) is 19.0 Å². The van der Waals surface area contributed by atoms with Crippen molar-refractivity contribution in [3.63, 3.8) is 0 Å². The van der Waals surface area contributed by atoms with Gasteiger partial charge in [-0.15, -0.1) is 0 Å². The van der Waals surface area contributed by atoms with Gasteiger partial charge in [-0.3, -0.25) is 9.10 Å². The van der Waals surface area contributed by atoms with E-state index >= 15 is 0 Å². The third kappa shape index (κ3) is 6.35. The fourth-order valence-corrected chi connectivity index (χ4v) is 4.34. The molecule has 29 heavy (non-hydrogen) atoms. The quantitative estimate of drug-likeness (QED) is 0.576. The fourth-order valence-electron chi connectivity index (χ4n) is 2.65. The van der Waals surface area contributed by atoms with Gasteiger partial charge in [0.2, 0.25) is 5.91 Å². The second kappa shape index (κ2) is 10.5. The molecule has 0 heterocycles. The number of nitrogens with one attached hydrogen (secondary N) is 1. The van der Waals surface area contributed by atoms with Crippen LogP contribution in [0.2, 0.25) is 5.02 Å². The van der Waals surface area contributed by atoms with Gasteiger partial charge in [0.15, 0.2) is 0 Å². The standard InChI is InChI=1S/C20H26ClN3O4S/c1-23(2)13-7-12-22-20(25)15-24(16-10-11-19(28-3)18(21)14-16)29(26,27)17-8-5-4-6-9-17/h4-6,8-11,14H,7,12-13,15H2,1-3H3,(H,22,25). The Labute approximate surface area is 177 Å². The van der Waals surface area contributed by atoms with Crippen molar-refractivity contribution in [1.29, 1.82) is 0 Å². The second-order valence-electron chi connectivity index (χ2n) is 6.65. The number of carbonyl (C=O) groups excluding carboxylic acids is 1. The lowest BCUT2D eigenvalue weighted by Gasteiger charge is -2.24. The average molecular weight is 440 g/mol. The molecular formula is C20H26ClN3O4S. The van der Waals surface area contributed by atoms with Crippen molar-refractivity contribution in [2.24, 2.45) is 0 Å². The molecule has 0 radical (unpaired) electrons. The van der Waals surface area contributed by atoms with E-state index in [0.717, 1.165) is 17.3 Å². The van der Waals surface area contributed by atoms with Crippen LogP contribution in [-0.4, -0.2) is 60.1 Å². The molecule has 0 aliphatic heterocycles. The van der Waals surface area contributed by atoms with Crippen LogP contribution in [0.5, 0.6) is 5.75 Å². The van der Waals surface area contributed by atoms with E-state index in [1.54, 1.807) is 30.3 Å². The minimum Gasteiger partial charge on any atom is -0.495 e. The summed E-state index contributed by atoms with van der Waals surface area (Å²) in [5.74, 6) is 0.0239. The number of sulfonamides is 1. The van der Waals surface area contributed by atoms with Crippen molar-refractivity contribution in [3.05, 3.63) is 53.6 Å². The van der Waals surface area contributed by atoms with Crippen LogP contribution in [0.15, 0.2) is 53.4 Å². The summed E-state index contributed by atoms with van der Waals surface area (Å²) >= 11 is 6.19. The van der Waals surface area contributed by atoms with E-state index in [-0.39, 0.29) is 22.2 Å². The van der Waals surface area contributed by atoms with E-state index in [4.69, 9.17) is 16.3 Å². The lowest BCUT2D eigenvalue weighted by Crippen LogP contribution is -2.41. The van der Waals surface area contributed by atoms with Crippen molar-refractivity contribution in [2.75, 3.05) is 45.1 Å². The fraction of sp³-hybridized carbons (Fsp3) is 0.350. The van der Waals surface area contributed by atoms with Crippen LogP contribution in [0.4, 0.5) is 5.69 Å². The highest BCUT2D eigenvalue weighted by atomic mass is 35.5. The number of benzene rings is 2. The molecule has 1 N–H and O–H groups in total. The highest BCUT2D eigenvalue weighted by Crippen LogP contribution is 2.31. The van der Waals surface area contributed by atoms with Crippen LogP contribution in [0.1, 0.15) is 6.42 Å². The van der Waals surface area contributed by atoms with Gasteiger partial charge >= 0.3 is 0 Å². The molecule has 9 heteroatoms. The number of rotatable bonds is 10. The second-order valence-corrected chi connectivity index (χ2v) is 8.92. The Kier molecular flexibility index (Phi) is 8.31. The molecule has 0 aliphatic rings. The van der Waals surface area contributed by atoms with Crippen molar-refractivity contribution < 1.29 is 17.9 Å². The van der Waals surface area contributed by atoms with Crippen LogP contribution in [0, 0.1) is 0 Å². The van der Waals surface area contributed by atoms with Gasteiger partial charge in [0.05, 0.1) is 22.7 Å². The molecule has 1 amide bonds. The van der Waals surface area contributed by atoms with E-state index < -0.39 is 15.9 Å². The lowest BCUT2D eigenvalue weighted by molar-refractivity contribution is -0.119. The molecule has 0 atom stereocenters. The van der Waals surface area contributed by atoms with Gasteiger partial charge in [-0.1, -0.05) is 29.8 Å². The van der Waals surface area contributed by atoms with Gasteiger partial charge in [0.1, 0.15) is 12.3 Å². The summed E-state index contributed by atoms with van der Waals surface area (Å²) in [7, 11) is 1.40. The van der Waals surface area contributed by atoms with Gasteiger partial charge in [0, 0.05) is 6.54 Å². The highest BCUT2D eigenvalue weighted by Gasteiger charge is 2.27. The Morgan fingerprint density at radius 1 is 1.14 bits per heavy atom. The molecule has 2 rings (SSSR count). The molecule has 158 valence electrons. The Bertz CT molecular complexity index is 921. The smallest absolute Gasteiger partial charge is 0.264 e. The van der Waals surface area contributed by atoms with Crippen LogP contribution < -0.4 is 14.4 Å². The van der Waals surface area contributed by atoms with Crippen LogP contribution in [0.25, 0.3) is 0 Å². The number of hydrogen-bond acceptors (Lipinski definition) is 5. The first-order chi connectivity index (χ1) is 13.8. The summed E-state index contributed by atoms with van der Waals surface area (Å²) in [6.07, 6.45) is 0.762. The first-order valence-electron chi connectivity index (χ1n) is 9.08. The molecule has 0 bridgehead atoms. The monoisotopic (exact) mass is 439 g/mol. The lowest BCUT2D eigenvalue weighted by atomic mass is 10.3. The number of carbonyl (C=O) groups is 1. The largest absolute Gasteiger partial charge is 0.495 e. The summed E-state index contributed by atoms with van der Waals surface area (Å²) in [6.45, 7) is 0.919. The number of methoxy groups -OCH3 is 1. The Hall–Kier alpha value is -2.29. The van der Waals surface area contributed by atoms with Gasteiger partial charge in [-0.05, 0) is 57.4 Å². The van der Waals surface area contributed by atoms with Gasteiger partial charge in [-0.25, -0.2) is 8.42 Å². The zero-order valence-electron chi connectivity index (χ0n) is 16.8. The van der Waals surface area contributed by atoms with Crippen molar-refractivity contribution in [2.45, 2.75) is 11.3 Å². The van der Waals surface area contributed by atoms with Crippen LogP contribution in [-0.2, 0) is 14.8 Å². The summed E-state index contributed by atoms with van der Waals surface area (Å²) < 4.78 is 32.6. The first-order valence-corrected chi connectivity index (χ1v) is 10.9. The van der Waals surface area contributed by atoms with Crippen LogP contribution >= 0.6 is 11.6 Å². The highest BCUT2D eigenvalue weighted by molar-refractivity contribution is 7.92. The Balaban J connectivity index is 2.29. The summed E-state index contributed by atoms with van der Waals surface area (Å²) in [5.41, 5.74) is 0.281. The van der Waals surface area contributed by atoms with Gasteiger partial charge < -0.3 is 15.0 Å². The molecule has 2 aromatic carbocycles. The predicted octanol–water partition coefficient (Wildman–Crippen LogP) is 2.61. The van der Waals surface area contributed by atoms with E-state index in [9.17, 15) is 13.2 Å². The van der Waals surface area contributed by atoms with E-state index in [0.29, 0.717) is 12.3 Å². The maximum Gasteiger partial charge on any atom is 0.264 e. The minimum atomic E-state index is -3.96. The molecule has 0 saturated heterocycles. The SMILES string of the molecule is COc1ccc(N(CC(=O)NCCCN(C)C)S(=O)(=O)c2ccccc2)cc1Cl. The molecule has 0 saturated carbocycles. The first kappa shape index (κ1) is 23.0. The number of anilines is 1. The summed E-state index contributed by atoms with van der Waals surface area (Å²) in [5, 5.41) is 3.02. The Morgan fingerprint density at radius 2 is 1.83 bits per heavy atom. The molecule has 0 aromatic heterocycles. The third-order valence-electron chi connectivity index (χ3n) is 4.15. The average Bonchev–Trinajstić information content (AvgIpc) is 2.69. The molecular weight excluding hydrogens is 414 g/mol. The third-order valence-corrected chi connectivity index (χ3v) is 6.23. The van der Waals surface area contributed by atoms with Crippen molar-refractivity contribution in [3.8, 4) is 5.75 Å². The van der Waals surface area contributed by atoms with Crippen molar-refractivity contribution in [1.82, 2.24) is 10.2 Å². The maximum atomic E-state index is 13.2. The molecule has 0 spiro atoms. The molecule has 7 nitrogen and oxygen atoms in total. The number of hydrogen-bond donors (Lipinski definition) is 1. The van der Waals surface area contributed by atoms with E-state index in [1.165, 1.54) is 25.3 Å². The predicted molar refractivity (Wildman–Crippen MR) is 115 cm³/mol. The topological polar surface area (TPSA) is 79.0 Å². The molecule has 0 unspecified atom stereocenters. The van der Waals surface area contributed by atoms with Gasteiger partial charge in [0.25, 0.3) is 10.0 Å². The summed E-state index contributed by atoms with van der Waals surface area (Å²) in [6, 6.07) is 12.6. The van der Waals surface area contributed by atoms with Crippen LogP contribution in [0.3, 0.4) is 0 Å². The summed E-state index contributed by atoms with van der Waals surface area (Å²) in [4.78, 5) is 14.6. The number of ether oxygens (including phenoxy) is 1. The molecule has 0 aliphatic carbocycles. The Morgan fingerprint density at radius 3 is 2.41 bits per heavy atom. The maximum absolute atomic E-state index is 13.2. The normalized spacial score (nSPS) is 11.3.